The van der Waals surface area contributed by atoms with Gasteiger partial charge >= 0.3 is 0 Å². The fraction of sp³-hybridized carbons (Fsp3) is 0.333. The lowest BCUT2D eigenvalue weighted by molar-refractivity contribution is -0.131. The molecule has 1 N–H and O–H groups in total. The quantitative estimate of drug-likeness (QED) is 0.891. The van der Waals surface area contributed by atoms with Crippen molar-refractivity contribution in [3.8, 4) is 6.07 Å². The number of carbonyl (C=O) groups is 1. The summed E-state index contributed by atoms with van der Waals surface area (Å²) in [4.78, 5) is 24.9. The van der Waals surface area contributed by atoms with Crippen LogP contribution in [0.2, 0.25) is 0 Å². The Morgan fingerprint density at radius 2 is 2.00 bits per heavy atom. The van der Waals surface area contributed by atoms with Crippen LogP contribution in [0.15, 0.2) is 42.7 Å². The normalized spacial score (nSPS) is 14.0. The summed E-state index contributed by atoms with van der Waals surface area (Å²) in [7, 11) is 0. The lowest BCUT2D eigenvalue weighted by Crippen LogP contribution is -2.49. The number of nitriles is 1. The molecule has 0 aromatic carbocycles. The summed E-state index contributed by atoms with van der Waals surface area (Å²) in [5, 5.41) is 11.9. The first-order chi connectivity index (χ1) is 12.3. The first-order valence-corrected chi connectivity index (χ1v) is 8.30. The van der Waals surface area contributed by atoms with Crippen LogP contribution in [0.5, 0.6) is 0 Å². The van der Waals surface area contributed by atoms with Crippen molar-refractivity contribution in [3.05, 3.63) is 48.3 Å². The zero-order chi connectivity index (χ0) is 17.5. The van der Waals surface area contributed by atoms with E-state index >= 15 is 0 Å². The van der Waals surface area contributed by atoms with E-state index in [1.165, 1.54) is 6.20 Å². The number of anilines is 2. The average molecular weight is 336 g/mol. The van der Waals surface area contributed by atoms with Gasteiger partial charge in [-0.1, -0.05) is 6.07 Å². The second kappa shape index (κ2) is 8.11. The highest BCUT2D eigenvalue weighted by atomic mass is 16.2. The number of nitrogens with one attached hydrogen (secondary N) is 1. The van der Waals surface area contributed by atoms with Gasteiger partial charge in [0.2, 0.25) is 5.91 Å². The molecular weight excluding hydrogens is 316 g/mol. The minimum absolute atomic E-state index is 0.141. The predicted octanol–water partition coefficient (Wildman–Crippen LogP) is 1.50. The van der Waals surface area contributed by atoms with Crippen molar-refractivity contribution in [3.63, 3.8) is 0 Å². The van der Waals surface area contributed by atoms with Crippen LogP contribution in [0.4, 0.5) is 11.6 Å². The molecule has 2 aromatic rings. The van der Waals surface area contributed by atoms with Crippen molar-refractivity contribution in [2.24, 2.45) is 0 Å². The summed E-state index contributed by atoms with van der Waals surface area (Å²) in [6, 6.07) is 11.3. The largest absolute Gasteiger partial charge is 0.370 e. The van der Waals surface area contributed by atoms with Crippen LogP contribution in [0.1, 0.15) is 12.0 Å². The minimum Gasteiger partial charge on any atom is -0.370 e. The highest BCUT2D eigenvalue weighted by Gasteiger charge is 2.21. The molecule has 7 heteroatoms. The SMILES string of the molecule is N#Cc1ccc(NCCC(=O)N2CCN(c3ccccn3)CC2)nc1. The Morgan fingerprint density at radius 3 is 2.64 bits per heavy atom. The first kappa shape index (κ1) is 16.7. The summed E-state index contributed by atoms with van der Waals surface area (Å²) in [5.74, 6) is 1.77. The molecule has 1 saturated heterocycles. The summed E-state index contributed by atoms with van der Waals surface area (Å²) in [6.07, 6.45) is 3.72. The molecule has 0 atom stereocenters. The number of carbonyl (C=O) groups excluding carboxylic acids is 1. The predicted molar refractivity (Wildman–Crippen MR) is 95.1 cm³/mol. The van der Waals surface area contributed by atoms with Gasteiger partial charge in [0.1, 0.15) is 17.7 Å². The number of pyridine rings is 2. The Hall–Kier alpha value is -3.14. The van der Waals surface area contributed by atoms with E-state index in [1.807, 2.05) is 29.2 Å². The van der Waals surface area contributed by atoms with Gasteiger partial charge in [0.15, 0.2) is 0 Å². The topological polar surface area (TPSA) is 85.2 Å². The third-order valence-corrected chi connectivity index (χ3v) is 4.14. The van der Waals surface area contributed by atoms with Crippen molar-refractivity contribution < 1.29 is 4.79 Å². The van der Waals surface area contributed by atoms with Gasteiger partial charge in [-0.25, -0.2) is 9.97 Å². The summed E-state index contributed by atoms with van der Waals surface area (Å²) in [5.41, 5.74) is 0.521. The van der Waals surface area contributed by atoms with E-state index in [9.17, 15) is 4.79 Å². The Bertz CT molecular complexity index is 732. The summed E-state index contributed by atoms with van der Waals surface area (Å²) < 4.78 is 0. The molecule has 0 saturated carbocycles. The highest BCUT2D eigenvalue weighted by molar-refractivity contribution is 5.77. The molecular formula is C18H20N6O. The van der Waals surface area contributed by atoms with Gasteiger partial charge in [0.25, 0.3) is 0 Å². The van der Waals surface area contributed by atoms with Crippen LogP contribution in [0.25, 0.3) is 0 Å². The standard InChI is InChI=1S/C18H20N6O/c19-13-15-4-5-16(22-14-15)20-8-6-18(25)24-11-9-23(10-12-24)17-3-1-2-7-21-17/h1-5,7,14H,6,8-12H2,(H,20,22). The van der Waals surface area contributed by atoms with Crippen LogP contribution in [-0.4, -0.2) is 53.5 Å². The molecule has 0 bridgehead atoms. The molecule has 3 heterocycles. The Kier molecular flexibility index (Phi) is 5.42. The van der Waals surface area contributed by atoms with Gasteiger partial charge in [-0.2, -0.15) is 5.26 Å². The minimum atomic E-state index is 0.141. The maximum atomic E-state index is 12.3. The number of nitrogens with zero attached hydrogens (tertiary/aromatic N) is 5. The molecule has 0 spiro atoms. The zero-order valence-electron chi connectivity index (χ0n) is 13.9. The molecule has 7 nitrogen and oxygen atoms in total. The molecule has 25 heavy (non-hydrogen) atoms. The third kappa shape index (κ3) is 4.44. The van der Waals surface area contributed by atoms with Crippen molar-refractivity contribution in [1.82, 2.24) is 14.9 Å². The van der Waals surface area contributed by atoms with Gasteiger partial charge in [-0.15, -0.1) is 0 Å². The summed E-state index contributed by atoms with van der Waals surface area (Å²) in [6.45, 7) is 3.55. The highest BCUT2D eigenvalue weighted by Crippen LogP contribution is 2.13. The molecule has 1 fully saturated rings. The molecule has 0 radical (unpaired) electrons. The number of rotatable bonds is 5. The fourth-order valence-electron chi connectivity index (χ4n) is 2.75. The summed E-state index contributed by atoms with van der Waals surface area (Å²) >= 11 is 0. The fourth-order valence-corrected chi connectivity index (χ4v) is 2.75. The number of amides is 1. The number of aromatic nitrogens is 2. The molecule has 1 aliphatic rings. The molecule has 0 aliphatic carbocycles. The van der Waals surface area contributed by atoms with Gasteiger partial charge in [0, 0.05) is 51.5 Å². The van der Waals surface area contributed by atoms with E-state index in [1.54, 1.807) is 18.3 Å². The molecule has 3 rings (SSSR count). The smallest absolute Gasteiger partial charge is 0.224 e. The lowest BCUT2D eigenvalue weighted by atomic mass is 10.2. The maximum Gasteiger partial charge on any atom is 0.224 e. The van der Waals surface area contributed by atoms with Crippen molar-refractivity contribution in [2.75, 3.05) is 42.9 Å². The van der Waals surface area contributed by atoms with Gasteiger partial charge < -0.3 is 15.1 Å². The van der Waals surface area contributed by atoms with Crippen LogP contribution >= 0.6 is 0 Å². The molecule has 0 unspecified atom stereocenters. The van der Waals surface area contributed by atoms with E-state index < -0.39 is 0 Å². The van der Waals surface area contributed by atoms with Gasteiger partial charge in [-0.05, 0) is 24.3 Å². The zero-order valence-corrected chi connectivity index (χ0v) is 13.9. The lowest BCUT2D eigenvalue weighted by Gasteiger charge is -2.35. The third-order valence-electron chi connectivity index (χ3n) is 4.14. The first-order valence-electron chi connectivity index (χ1n) is 8.30. The van der Waals surface area contributed by atoms with E-state index in [0.717, 1.165) is 18.9 Å². The molecule has 1 amide bonds. The molecule has 1 aliphatic heterocycles. The van der Waals surface area contributed by atoms with Crippen LogP contribution < -0.4 is 10.2 Å². The number of hydrogen-bond donors (Lipinski definition) is 1. The Balaban J connectivity index is 1.41. The second-order valence-electron chi connectivity index (χ2n) is 5.78. The van der Waals surface area contributed by atoms with Crippen LogP contribution in [-0.2, 0) is 4.79 Å². The van der Waals surface area contributed by atoms with Crippen molar-refractivity contribution in [2.45, 2.75) is 6.42 Å². The van der Waals surface area contributed by atoms with E-state index in [4.69, 9.17) is 5.26 Å². The number of hydrogen-bond acceptors (Lipinski definition) is 6. The Morgan fingerprint density at radius 1 is 1.16 bits per heavy atom. The average Bonchev–Trinajstić information content (AvgIpc) is 2.69. The monoisotopic (exact) mass is 336 g/mol. The van der Waals surface area contributed by atoms with Gasteiger partial charge in [-0.3, -0.25) is 4.79 Å². The maximum absolute atomic E-state index is 12.3. The Labute approximate surface area is 146 Å². The van der Waals surface area contributed by atoms with E-state index in [0.29, 0.717) is 37.4 Å². The molecule has 128 valence electrons. The van der Waals surface area contributed by atoms with Crippen molar-refractivity contribution in [1.29, 1.82) is 5.26 Å². The molecule has 2 aromatic heterocycles. The van der Waals surface area contributed by atoms with E-state index in [-0.39, 0.29) is 5.91 Å². The van der Waals surface area contributed by atoms with Crippen molar-refractivity contribution >= 4 is 17.5 Å². The van der Waals surface area contributed by atoms with E-state index in [2.05, 4.69) is 20.2 Å². The number of piperazine rings is 1. The second-order valence-corrected chi connectivity index (χ2v) is 5.78. The van der Waals surface area contributed by atoms with Crippen LogP contribution in [0.3, 0.4) is 0 Å². The van der Waals surface area contributed by atoms with Crippen LogP contribution in [0, 0.1) is 11.3 Å². The van der Waals surface area contributed by atoms with Gasteiger partial charge in [0.05, 0.1) is 5.56 Å².